The van der Waals surface area contributed by atoms with Gasteiger partial charge in [-0.25, -0.2) is 0 Å². The maximum atomic E-state index is 5.74. The minimum Gasteiger partial charge on any atom is -0.491 e. The molecular weight excluding hydrogens is 234 g/mol. The van der Waals surface area contributed by atoms with Gasteiger partial charge in [-0.2, -0.15) is 0 Å². The van der Waals surface area contributed by atoms with E-state index in [1.807, 2.05) is 6.07 Å². The van der Waals surface area contributed by atoms with Gasteiger partial charge in [0, 0.05) is 12.6 Å². The lowest BCUT2D eigenvalue weighted by molar-refractivity contribution is 0.242. The zero-order valence-corrected chi connectivity index (χ0v) is 12.7. The van der Waals surface area contributed by atoms with E-state index in [1.165, 1.54) is 24.8 Å². The largest absolute Gasteiger partial charge is 0.491 e. The van der Waals surface area contributed by atoms with Gasteiger partial charge in [0.25, 0.3) is 0 Å². The first kappa shape index (κ1) is 14.4. The number of nitrogens with one attached hydrogen (secondary N) is 1. The second kappa shape index (κ2) is 5.96. The predicted octanol–water partition coefficient (Wildman–Crippen LogP) is 4.14. The van der Waals surface area contributed by atoms with E-state index in [0.29, 0.717) is 11.5 Å². The molecule has 1 aromatic rings. The third-order valence-corrected chi connectivity index (χ3v) is 4.08. The van der Waals surface area contributed by atoms with Gasteiger partial charge in [0.1, 0.15) is 5.75 Å². The number of hydrogen-bond donors (Lipinski definition) is 1. The topological polar surface area (TPSA) is 21.3 Å². The Bertz CT molecular complexity index is 411. The molecule has 0 heterocycles. The van der Waals surface area contributed by atoms with Gasteiger partial charge in [-0.15, -0.1) is 0 Å². The van der Waals surface area contributed by atoms with Crippen LogP contribution in [-0.2, 0) is 6.54 Å². The van der Waals surface area contributed by atoms with E-state index in [-0.39, 0.29) is 6.10 Å². The van der Waals surface area contributed by atoms with Gasteiger partial charge in [-0.3, -0.25) is 0 Å². The van der Waals surface area contributed by atoms with Gasteiger partial charge >= 0.3 is 0 Å². The quantitative estimate of drug-likeness (QED) is 0.860. The zero-order valence-electron chi connectivity index (χ0n) is 12.7. The third-order valence-electron chi connectivity index (χ3n) is 4.08. The standard InChI is InChI=1S/C17H27NO/c1-13(2)19-15-8-5-7-14(11-15)12-18-16-9-6-10-17(16,3)4/h5,7-8,11,13,16,18H,6,9-10,12H2,1-4H3. The van der Waals surface area contributed by atoms with Gasteiger partial charge < -0.3 is 10.1 Å². The molecule has 1 unspecified atom stereocenters. The minimum atomic E-state index is 0.233. The molecule has 0 saturated heterocycles. The van der Waals surface area contributed by atoms with Crippen molar-refractivity contribution in [3.8, 4) is 5.75 Å². The van der Waals surface area contributed by atoms with E-state index in [2.05, 4.69) is 51.2 Å². The molecule has 1 saturated carbocycles. The molecule has 0 aliphatic heterocycles. The van der Waals surface area contributed by atoms with Gasteiger partial charge in [-0.1, -0.05) is 32.4 Å². The fourth-order valence-corrected chi connectivity index (χ4v) is 2.95. The van der Waals surface area contributed by atoms with Gasteiger partial charge in [0.05, 0.1) is 6.10 Å². The van der Waals surface area contributed by atoms with Crippen molar-refractivity contribution >= 4 is 0 Å². The summed E-state index contributed by atoms with van der Waals surface area (Å²) < 4.78 is 5.74. The Morgan fingerprint density at radius 3 is 2.79 bits per heavy atom. The maximum absolute atomic E-state index is 5.74. The van der Waals surface area contributed by atoms with E-state index < -0.39 is 0 Å². The van der Waals surface area contributed by atoms with Crippen molar-refractivity contribution in [3.05, 3.63) is 29.8 Å². The molecule has 1 aliphatic carbocycles. The fraction of sp³-hybridized carbons (Fsp3) is 0.647. The normalized spacial score (nSPS) is 21.8. The lowest BCUT2D eigenvalue weighted by Gasteiger charge is -2.28. The SMILES string of the molecule is CC(C)Oc1cccc(CNC2CCCC2(C)C)c1. The van der Waals surface area contributed by atoms with Crippen molar-refractivity contribution in [2.24, 2.45) is 5.41 Å². The highest BCUT2D eigenvalue weighted by atomic mass is 16.5. The highest BCUT2D eigenvalue weighted by molar-refractivity contribution is 5.28. The lowest BCUT2D eigenvalue weighted by Crippen LogP contribution is -2.37. The van der Waals surface area contributed by atoms with E-state index >= 15 is 0 Å². The summed E-state index contributed by atoms with van der Waals surface area (Å²) in [6.07, 6.45) is 4.22. The molecule has 2 rings (SSSR count). The summed E-state index contributed by atoms with van der Waals surface area (Å²) in [5.74, 6) is 0.972. The monoisotopic (exact) mass is 261 g/mol. The average Bonchev–Trinajstić information content (AvgIpc) is 2.65. The molecule has 1 fully saturated rings. The van der Waals surface area contributed by atoms with Crippen LogP contribution in [0.4, 0.5) is 0 Å². The van der Waals surface area contributed by atoms with E-state index in [0.717, 1.165) is 12.3 Å². The van der Waals surface area contributed by atoms with Crippen molar-refractivity contribution < 1.29 is 4.74 Å². The molecule has 1 aliphatic rings. The predicted molar refractivity (Wildman–Crippen MR) is 80.5 cm³/mol. The molecule has 1 aromatic carbocycles. The van der Waals surface area contributed by atoms with Crippen LogP contribution in [0, 0.1) is 5.41 Å². The molecule has 2 heteroatoms. The highest BCUT2D eigenvalue weighted by Crippen LogP contribution is 2.37. The summed E-state index contributed by atoms with van der Waals surface area (Å²) in [4.78, 5) is 0. The lowest BCUT2D eigenvalue weighted by atomic mass is 9.87. The van der Waals surface area contributed by atoms with Crippen LogP contribution in [0.15, 0.2) is 24.3 Å². The summed E-state index contributed by atoms with van der Waals surface area (Å²) in [7, 11) is 0. The van der Waals surface area contributed by atoms with Crippen LogP contribution in [0.3, 0.4) is 0 Å². The van der Waals surface area contributed by atoms with Crippen molar-refractivity contribution in [1.82, 2.24) is 5.32 Å². The summed E-state index contributed by atoms with van der Waals surface area (Å²) >= 11 is 0. The Balaban J connectivity index is 1.92. The Morgan fingerprint density at radius 1 is 1.37 bits per heavy atom. The second-order valence-electron chi connectivity index (χ2n) is 6.63. The number of hydrogen-bond acceptors (Lipinski definition) is 2. The van der Waals surface area contributed by atoms with Crippen LogP contribution < -0.4 is 10.1 Å². The van der Waals surface area contributed by atoms with Crippen molar-refractivity contribution in [1.29, 1.82) is 0 Å². The first-order valence-corrected chi connectivity index (χ1v) is 7.46. The van der Waals surface area contributed by atoms with Crippen molar-refractivity contribution in [3.63, 3.8) is 0 Å². The molecule has 0 aromatic heterocycles. The van der Waals surface area contributed by atoms with Crippen LogP contribution >= 0.6 is 0 Å². The highest BCUT2D eigenvalue weighted by Gasteiger charge is 2.33. The molecule has 0 spiro atoms. The van der Waals surface area contributed by atoms with Crippen LogP contribution in [-0.4, -0.2) is 12.1 Å². The summed E-state index contributed by atoms with van der Waals surface area (Å²) in [5, 5.41) is 3.71. The van der Waals surface area contributed by atoms with Gasteiger partial charge in [0.15, 0.2) is 0 Å². The Kier molecular flexibility index (Phi) is 4.51. The molecule has 0 radical (unpaired) electrons. The van der Waals surface area contributed by atoms with Crippen molar-refractivity contribution in [2.75, 3.05) is 0 Å². The van der Waals surface area contributed by atoms with Crippen LogP contribution in [0.25, 0.3) is 0 Å². The molecule has 1 N–H and O–H groups in total. The minimum absolute atomic E-state index is 0.233. The molecule has 19 heavy (non-hydrogen) atoms. The zero-order chi connectivity index (χ0) is 13.9. The molecule has 0 bridgehead atoms. The Labute approximate surface area is 117 Å². The van der Waals surface area contributed by atoms with Crippen LogP contribution in [0.1, 0.15) is 52.5 Å². The molecule has 2 nitrogen and oxygen atoms in total. The number of benzene rings is 1. The Morgan fingerprint density at radius 2 is 2.16 bits per heavy atom. The van der Waals surface area contributed by atoms with E-state index in [4.69, 9.17) is 4.74 Å². The van der Waals surface area contributed by atoms with Crippen LogP contribution in [0.5, 0.6) is 5.75 Å². The summed E-state index contributed by atoms with van der Waals surface area (Å²) in [6.45, 7) is 9.80. The summed E-state index contributed by atoms with van der Waals surface area (Å²) in [5.41, 5.74) is 1.74. The van der Waals surface area contributed by atoms with Crippen LogP contribution in [0.2, 0.25) is 0 Å². The molecular formula is C17H27NO. The molecule has 1 atom stereocenters. The first-order valence-electron chi connectivity index (χ1n) is 7.46. The van der Waals surface area contributed by atoms with E-state index in [9.17, 15) is 0 Å². The Hall–Kier alpha value is -1.02. The average molecular weight is 261 g/mol. The van der Waals surface area contributed by atoms with Gasteiger partial charge in [-0.05, 0) is 49.8 Å². The first-order chi connectivity index (χ1) is 8.97. The second-order valence-corrected chi connectivity index (χ2v) is 6.63. The van der Waals surface area contributed by atoms with Crippen molar-refractivity contribution in [2.45, 2.75) is 65.6 Å². The third kappa shape index (κ3) is 3.97. The molecule has 0 amide bonds. The number of ether oxygens (including phenoxy) is 1. The van der Waals surface area contributed by atoms with Gasteiger partial charge in [0.2, 0.25) is 0 Å². The smallest absolute Gasteiger partial charge is 0.120 e. The maximum Gasteiger partial charge on any atom is 0.120 e. The van der Waals surface area contributed by atoms with E-state index in [1.54, 1.807) is 0 Å². The molecule has 106 valence electrons. The fourth-order valence-electron chi connectivity index (χ4n) is 2.95. The summed E-state index contributed by atoms with van der Waals surface area (Å²) in [6, 6.07) is 9.07. The number of rotatable bonds is 5.